The highest BCUT2D eigenvalue weighted by Crippen LogP contribution is 2.39. The van der Waals surface area contributed by atoms with Gasteiger partial charge in [-0.05, 0) is 61.3 Å². The molecule has 0 radical (unpaired) electrons. The second-order valence-electron chi connectivity index (χ2n) is 7.76. The van der Waals surface area contributed by atoms with Crippen LogP contribution in [0.5, 0.6) is 0 Å². The monoisotopic (exact) mass is 376 g/mol. The van der Waals surface area contributed by atoms with Crippen molar-refractivity contribution in [3.8, 4) is 0 Å². The molecule has 4 heteroatoms. The van der Waals surface area contributed by atoms with Crippen molar-refractivity contribution in [3.63, 3.8) is 0 Å². The van der Waals surface area contributed by atoms with Crippen molar-refractivity contribution in [1.82, 2.24) is 9.88 Å². The number of nitrogens with zero attached hydrogens (tertiary/aromatic N) is 2. The molecule has 2 unspecified atom stereocenters. The number of rotatable bonds is 3. The Morgan fingerprint density at radius 1 is 1.07 bits per heavy atom. The standard InChI is InChI=1S/C23H24N2OS/c26-22(15-17-13-12-16-7-1-2-8-18(16)17)25-14-6-5-10-20(25)23-24-19-9-3-4-11-21(19)27-23/h1-4,7-9,11,17,20H,5-6,10,12-15H2. The first-order valence-corrected chi connectivity index (χ1v) is 10.8. The Balaban J connectivity index is 1.38. The van der Waals surface area contributed by atoms with Crippen LogP contribution in [0.3, 0.4) is 0 Å². The molecule has 1 amide bonds. The molecule has 1 fully saturated rings. The molecular formula is C23H24N2OS. The highest BCUT2D eigenvalue weighted by atomic mass is 32.1. The van der Waals surface area contributed by atoms with Crippen molar-refractivity contribution in [1.29, 1.82) is 0 Å². The molecule has 27 heavy (non-hydrogen) atoms. The van der Waals surface area contributed by atoms with E-state index in [1.165, 1.54) is 22.2 Å². The van der Waals surface area contributed by atoms with Gasteiger partial charge in [-0.15, -0.1) is 11.3 Å². The summed E-state index contributed by atoms with van der Waals surface area (Å²) in [5.74, 6) is 0.687. The first-order chi connectivity index (χ1) is 13.3. The van der Waals surface area contributed by atoms with Crippen molar-refractivity contribution in [2.45, 2.75) is 50.5 Å². The summed E-state index contributed by atoms with van der Waals surface area (Å²) < 4.78 is 1.22. The maximum absolute atomic E-state index is 13.3. The number of thiazole rings is 1. The molecule has 0 saturated carbocycles. The van der Waals surface area contributed by atoms with Gasteiger partial charge in [0.25, 0.3) is 0 Å². The summed E-state index contributed by atoms with van der Waals surface area (Å²) in [6.45, 7) is 0.869. The Labute approximate surface area is 164 Å². The van der Waals surface area contributed by atoms with Crippen LogP contribution in [0.2, 0.25) is 0 Å². The minimum atomic E-state index is 0.153. The lowest BCUT2D eigenvalue weighted by atomic mass is 9.95. The molecule has 3 aromatic rings. The molecule has 2 aromatic carbocycles. The highest BCUT2D eigenvalue weighted by Gasteiger charge is 2.33. The number of fused-ring (bicyclic) bond motifs is 2. The number of aryl methyl sites for hydroxylation is 1. The third-order valence-corrected chi connectivity index (χ3v) is 7.23. The molecule has 2 aliphatic rings. The second-order valence-corrected chi connectivity index (χ2v) is 8.82. The van der Waals surface area contributed by atoms with Gasteiger partial charge in [-0.25, -0.2) is 4.98 Å². The summed E-state index contributed by atoms with van der Waals surface area (Å²) in [7, 11) is 0. The average Bonchev–Trinajstić information content (AvgIpc) is 3.32. The number of aromatic nitrogens is 1. The molecule has 1 aromatic heterocycles. The van der Waals surface area contributed by atoms with E-state index in [4.69, 9.17) is 4.98 Å². The van der Waals surface area contributed by atoms with Crippen LogP contribution in [0.15, 0.2) is 48.5 Å². The van der Waals surface area contributed by atoms with E-state index in [0.717, 1.165) is 42.8 Å². The van der Waals surface area contributed by atoms with E-state index in [1.807, 2.05) is 6.07 Å². The Morgan fingerprint density at radius 3 is 2.85 bits per heavy atom. The summed E-state index contributed by atoms with van der Waals surface area (Å²) in [6.07, 6.45) is 6.16. The normalized spacial score (nSPS) is 22.1. The zero-order valence-electron chi connectivity index (χ0n) is 15.4. The molecule has 138 valence electrons. The van der Waals surface area contributed by atoms with E-state index < -0.39 is 0 Å². The van der Waals surface area contributed by atoms with E-state index in [-0.39, 0.29) is 6.04 Å². The molecule has 5 rings (SSSR count). The molecule has 0 bridgehead atoms. The molecule has 1 aliphatic heterocycles. The smallest absolute Gasteiger partial charge is 0.223 e. The van der Waals surface area contributed by atoms with Crippen LogP contribution < -0.4 is 0 Å². The number of likely N-dealkylation sites (tertiary alicyclic amines) is 1. The number of carbonyl (C=O) groups excluding carboxylic acids is 1. The summed E-state index contributed by atoms with van der Waals surface area (Å²) >= 11 is 1.75. The van der Waals surface area contributed by atoms with Crippen LogP contribution in [-0.4, -0.2) is 22.3 Å². The predicted octanol–water partition coefficient (Wildman–Crippen LogP) is 5.47. The molecule has 1 saturated heterocycles. The number of piperidine rings is 1. The number of benzene rings is 2. The van der Waals surface area contributed by atoms with Crippen LogP contribution in [0, 0.1) is 0 Å². The van der Waals surface area contributed by atoms with Gasteiger partial charge in [0.15, 0.2) is 0 Å². The number of para-hydroxylation sites is 1. The van der Waals surface area contributed by atoms with E-state index in [2.05, 4.69) is 47.4 Å². The number of hydrogen-bond acceptors (Lipinski definition) is 3. The van der Waals surface area contributed by atoms with Gasteiger partial charge in [0.1, 0.15) is 5.01 Å². The first kappa shape index (κ1) is 16.9. The van der Waals surface area contributed by atoms with Crippen LogP contribution in [-0.2, 0) is 11.2 Å². The summed E-state index contributed by atoms with van der Waals surface area (Å²) in [6, 6.07) is 17.1. The quantitative estimate of drug-likeness (QED) is 0.607. The van der Waals surface area contributed by atoms with Crippen molar-refractivity contribution in [2.24, 2.45) is 0 Å². The average molecular weight is 377 g/mol. The summed E-state index contributed by atoms with van der Waals surface area (Å²) in [5.41, 5.74) is 3.87. The Morgan fingerprint density at radius 2 is 1.93 bits per heavy atom. The third kappa shape index (κ3) is 3.16. The van der Waals surface area contributed by atoms with E-state index in [9.17, 15) is 4.79 Å². The molecule has 0 N–H and O–H groups in total. The van der Waals surface area contributed by atoms with Crippen LogP contribution in [0.4, 0.5) is 0 Å². The zero-order chi connectivity index (χ0) is 18.2. The van der Waals surface area contributed by atoms with E-state index >= 15 is 0 Å². The van der Waals surface area contributed by atoms with Crippen LogP contribution in [0.25, 0.3) is 10.2 Å². The van der Waals surface area contributed by atoms with Crippen molar-refractivity contribution in [2.75, 3.05) is 6.54 Å². The molecule has 3 nitrogen and oxygen atoms in total. The predicted molar refractivity (Wildman–Crippen MR) is 110 cm³/mol. The van der Waals surface area contributed by atoms with Gasteiger partial charge in [0.2, 0.25) is 5.91 Å². The van der Waals surface area contributed by atoms with Gasteiger partial charge in [0.05, 0.1) is 16.3 Å². The van der Waals surface area contributed by atoms with Gasteiger partial charge in [-0.2, -0.15) is 0 Å². The number of hydrogen-bond donors (Lipinski definition) is 0. The summed E-state index contributed by atoms with van der Waals surface area (Å²) in [4.78, 5) is 20.3. The lowest BCUT2D eigenvalue weighted by molar-refractivity contribution is -0.135. The lowest BCUT2D eigenvalue weighted by Gasteiger charge is -2.35. The van der Waals surface area contributed by atoms with E-state index in [1.54, 1.807) is 11.3 Å². The van der Waals surface area contributed by atoms with Gasteiger partial charge in [-0.3, -0.25) is 4.79 Å². The van der Waals surface area contributed by atoms with Crippen LogP contribution in [0.1, 0.15) is 60.2 Å². The Kier molecular flexibility index (Phi) is 4.44. The van der Waals surface area contributed by atoms with E-state index in [0.29, 0.717) is 18.2 Å². The largest absolute Gasteiger partial charge is 0.333 e. The summed E-state index contributed by atoms with van der Waals surface area (Å²) in [5, 5.41) is 1.11. The van der Waals surface area contributed by atoms with Gasteiger partial charge < -0.3 is 4.90 Å². The topological polar surface area (TPSA) is 33.2 Å². The zero-order valence-corrected chi connectivity index (χ0v) is 16.3. The molecule has 1 aliphatic carbocycles. The fourth-order valence-corrected chi connectivity index (χ4v) is 5.82. The van der Waals surface area contributed by atoms with Crippen molar-refractivity contribution >= 4 is 27.5 Å². The Hall–Kier alpha value is -2.20. The number of carbonyl (C=O) groups is 1. The minimum absolute atomic E-state index is 0.153. The molecule has 2 heterocycles. The number of amides is 1. The van der Waals surface area contributed by atoms with Crippen molar-refractivity contribution < 1.29 is 4.79 Å². The maximum atomic E-state index is 13.3. The SMILES string of the molecule is O=C(CC1CCc2ccccc21)N1CCCCC1c1nc2ccccc2s1. The first-order valence-electron chi connectivity index (χ1n) is 10.0. The fourth-order valence-electron chi connectivity index (χ4n) is 4.70. The molecule has 2 atom stereocenters. The maximum Gasteiger partial charge on any atom is 0.223 e. The Bertz CT molecular complexity index is 946. The molecule has 0 spiro atoms. The van der Waals surface area contributed by atoms with Gasteiger partial charge >= 0.3 is 0 Å². The van der Waals surface area contributed by atoms with Crippen molar-refractivity contribution in [3.05, 3.63) is 64.7 Å². The van der Waals surface area contributed by atoms with Gasteiger partial charge in [-0.1, -0.05) is 36.4 Å². The lowest BCUT2D eigenvalue weighted by Crippen LogP contribution is -2.39. The molecular weight excluding hydrogens is 352 g/mol. The fraction of sp³-hybridized carbons (Fsp3) is 0.391. The van der Waals surface area contributed by atoms with Crippen LogP contribution >= 0.6 is 11.3 Å². The third-order valence-electron chi connectivity index (χ3n) is 6.10. The van der Waals surface area contributed by atoms with Gasteiger partial charge in [0, 0.05) is 13.0 Å². The second kappa shape index (κ2) is 7.08. The minimum Gasteiger partial charge on any atom is -0.333 e. The highest BCUT2D eigenvalue weighted by molar-refractivity contribution is 7.18.